The maximum atomic E-state index is 11.7. The number of rotatable bonds is 5. The van der Waals surface area contributed by atoms with Crippen molar-refractivity contribution in [1.82, 2.24) is 15.6 Å². The maximum Gasteiger partial charge on any atom is 0.237 e. The van der Waals surface area contributed by atoms with Crippen molar-refractivity contribution in [1.29, 1.82) is 0 Å². The van der Waals surface area contributed by atoms with Crippen molar-refractivity contribution in [2.24, 2.45) is 0 Å². The SMILES string of the molecule is O=C(CCNC(=O)[C@@H]1CCCN1)Nc1ccncc1. The van der Waals surface area contributed by atoms with Gasteiger partial charge in [-0.15, -0.1) is 0 Å². The number of carbonyl (C=O) groups excluding carboxylic acids is 2. The molecule has 0 aromatic carbocycles. The molecule has 0 saturated carbocycles. The average Bonchev–Trinajstić information content (AvgIpc) is 2.93. The molecule has 6 heteroatoms. The van der Waals surface area contributed by atoms with E-state index in [1.54, 1.807) is 24.5 Å². The van der Waals surface area contributed by atoms with Gasteiger partial charge in [0, 0.05) is 31.0 Å². The lowest BCUT2D eigenvalue weighted by atomic mass is 10.2. The van der Waals surface area contributed by atoms with Crippen molar-refractivity contribution in [2.45, 2.75) is 25.3 Å². The van der Waals surface area contributed by atoms with Gasteiger partial charge >= 0.3 is 0 Å². The molecule has 102 valence electrons. The van der Waals surface area contributed by atoms with Crippen LogP contribution >= 0.6 is 0 Å². The molecule has 1 aliphatic heterocycles. The minimum atomic E-state index is -0.120. The number of hydrogen-bond acceptors (Lipinski definition) is 4. The second kappa shape index (κ2) is 6.84. The highest BCUT2D eigenvalue weighted by Gasteiger charge is 2.21. The molecular formula is C13H18N4O2. The van der Waals surface area contributed by atoms with Gasteiger partial charge in [0.15, 0.2) is 0 Å². The van der Waals surface area contributed by atoms with Gasteiger partial charge in [0.05, 0.1) is 6.04 Å². The van der Waals surface area contributed by atoms with E-state index in [-0.39, 0.29) is 24.3 Å². The first-order chi connectivity index (χ1) is 9.25. The fourth-order valence-electron chi connectivity index (χ4n) is 1.99. The topological polar surface area (TPSA) is 83.1 Å². The second-order valence-electron chi connectivity index (χ2n) is 4.47. The predicted octanol–water partition coefficient (Wildman–Crippen LogP) is 0.278. The summed E-state index contributed by atoms with van der Waals surface area (Å²) in [5, 5.41) is 8.62. The van der Waals surface area contributed by atoms with Crippen LogP contribution in [0.2, 0.25) is 0 Å². The molecule has 0 spiro atoms. The molecule has 2 heterocycles. The molecular weight excluding hydrogens is 244 g/mol. The van der Waals surface area contributed by atoms with Crippen LogP contribution in [0, 0.1) is 0 Å². The standard InChI is InChI=1S/C13H18N4O2/c18-12(17-10-3-7-14-8-4-10)5-9-16-13(19)11-2-1-6-15-11/h3-4,7-8,11,15H,1-2,5-6,9H2,(H,16,19)(H,14,17,18)/t11-/m0/s1. The molecule has 1 aliphatic rings. The van der Waals surface area contributed by atoms with Crippen LogP contribution in [0.15, 0.2) is 24.5 Å². The van der Waals surface area contributed by atoms with Crippen molar-refractivity contribution in [2.75, 3.05) is 18.4 Å². The Hall–Kier alpha value is -1.95. The molecule has 2 amide bonds. The highest BCUT2D eigenvalue weighted by molar-refractivity contribution is 5.91. The normalized spacial score (nSPS) is 18.0. The first kappa shape index (κ1) is 13.5. The van der Waals surface area contributed by atoms with Gasteiger partial charge in [-0.1, -0.05) is 0 Å². The van der Waals surface area contributed by atoms with Gasteiger partial charge in [-0.05, 0) is 31.5 Å². The fourth-order valence-corrected chi connectivity index (χ4v) is 1.99. The molecule has 1 saturated heterocycles. The lowest BCUT2D eigenvalue weighted by Crippen LogP contribution is -2.41. The van der Waals surface area contributed by atoms with Crippen molar-refractivity contribution >= 4 is 17.5 Å². The summed E-state index contributed by atoms with van der Waals surface area (Å²) < 4.78 is 0. The highest BCUT2D eigenvalue weighted by Crippen LogP contribution is 2.05. The Morgan fingerprint density at radius 1 is 1.37 bits per heavy atom. The number of hydrogen-bond donors (Lipinski definition) is 3. The van der Waals surface area contributed by atoms with Gasteiger partial charge < -0.3 is 16.0 Å². The molecule has 1 fully saturated rings. The van der Waals surface area contributed by atoms with E-state index in [4.69, 9.17) is 0 Å². The van der Waals surface area contributed by atoms with Gasteiger partial charge in [0.1, 0.15) is 0 Å². The van der Waals surface area contributed by atoms with E-state index in [0.29, 0.717) is 12.2 Å². The Balaban J connectivity index is 1.65. The Morgan fingerprint density at radius 3 is 2.84 bits per heavy atom. The van der Waals surface area contributed by atoms with E-state index in [2.05, 4.69) is 20.9 Å². The third-order valence-corrected chi connectivity index (χ3v) is 2.99. The monoisotopic (exact) mass is 262 g/mol. The summed E-state index contributed by atoms with van der Waals surface area (Å²) in [6.07, 6.45) is 5.39. The molecule has 1 aromatic rings. The molecule has 0 unspecified atom stereocenters. The molecule has 3 N–H and O–H groups in total. The Kier molecular flexibility index (Phi) is 4.85. The smallest absolute Gasteiger partial charge is 0.237 e. The van der Waals surface area contributed by atoms with Crippen LogP contribution in [0.5, 0.6) is 0 Å². The van der Waals surface area contributed by atoms with E-state index >= 15 is 0 Å². The number of anilines is 1. The number of carbonyl (C=O) groups is 2. The number of aromatic nitrogens is 1. The zero-order valence-electron chi connectivity index (χ0n) is 10.7. The van der Waals surface area contributed by atoms with Crippen LogP contribution in [0.3, 0.4) is 0 Å². The third kappa shape index (κ3) is 4.33. The van der Waals surface area contributed by atoms with Gasteiger partial charge in [-0.3, -0.25) is 14.6 Å². The molecule has 19 heavy (non-hydrogen) atoms. The van der Waals surface area contributed by atoms with Crippen molar-refractivity contribution in [3.05, 3.63) is 24.5 Å². The molecule has 0 aliphatic carbocycles. The zero-order valence-corrected chi connectivity index (χ0v) is 10.7. The Labute approximate surface area is 112 Å². The van der Waals surface area contributed by atoms with Crippen LogP contribution in [-0.4, -0.2) is 35.9 Å². The van der Waals surface area contributed by atoms with E-state index in [1.165, 1.54) is 0 Å². The summed E-state index contributed by atoms with van der Waals surface area (Å²) in [7, 11) is 0. The quantitative estimate of drug-likeness (QED) is 0.711. The van der Waals surface area contributed by atoms with E-state index in [9.17, 15) is 9.59 Å². The lowest BCUT2D eigenvalue weighted by Gasteiger charge is -2.10. The molecule has 6 nitrogen and oxygen atoms in total. The Bertz CT molecular complexity index is 430. The fraction of sp³-hybridized carbons (Fsp3) is 0.462. The molecule has 1 atom stereocenters. The minimum Gasteiger partial charge on any atom is -0.354 e. The van der Waals surface area contributed by atoms with Gasteiger partial charge in [0.2, 0.25) is 11.8 Å². The van der Waals surface area contributed by atoms with E-state index in [1.807, 2.05) is 0 Å². The van der Waals surface area contributed by atoms with Crippen molar-refractivity contribution < 1.29 is 9.59 Å². The summed E-state index contributed by atoms with van der Waals surface area (Å²) >= 11 is 0. The highest BCUT2D eigenvalue weighted by atomic mass is 16.2. The average molecular weight is 262 g/mol. The number of pyridine rings is 1. The van der Waals surface area contributed by atoms with Crippen LogP contribution in [0.25, 0.3) is 0 Å². The largest absolute Gasteiger partial charge is 0.354 e. The van der Waals surface area contributed by atoms with Crippen LogP contribution in [0.4, 0.5) is 5.69 Å². The first-order valence-corrected chi connectivity index (χ1v) is 6.46. The number of nitrogens with one attached hydrogen (secondary N) is 3. The predicted molar refractivity (Wildman–Crippen MR) is 71.5 cm³/mol. The van der Waals surface area contributed by atoms with Crippen molar-refractivity contribution in [3.63, 3.8) is 0 Å². The molecule has 2 rings (SSSR count). The van der Waals surface area contributed by atoms with Gasteiger partial charge in [-0.25, -0.2) is 0 Å². The lowest BCUT2D eigenvalue weighted by molar-refractivity contribution is -0.122. The minimum absolute atomic E-state index is 0.0192. The first-order valence-electron chi connectivity index (χ1n) is 6.46. The van der Waals surface area contributed by atoms with Crippen LogP contribution in [0.1, 0.15) is 19.3 Å². The summed E-state index contributed by atoms with van der Waals surface area (Å²) in [6, 6.07) is 3.35. The maximum absolute atomic E-state index is 11.7. The molecule has 1 aromatic heterocycles. The Morgan fingerprint density at radius 2 is 2.16 bits per heavy atom. The van der Waals surface area contributed by atoms with Crippen molar-refractivity contribution in [3.8, 4) is 0 Å². The summed E-state index contributed by atoms with van der Waals surface area (Å²) in [5.74, 6) is -0.139. The van der Waals surface area contributed by atoms with Crippen LogP contribution < -0.4 is 16.0 Å². The zero-order chi connectivity index (χ0) is 13.5. The summed E-state index contributed by atoms with van der Waals surface area (Å²) in [5.41, 5.74) is 0.712. The van der Waals surface area contributed by atoms with E-state index in [0.717, 1.165) is 19.4 Å². The second-order valence-corrected chi connectivity index (χ2v) is 4.47. The summed E-state index contributed by atoms with van der Waals surface area (Å²) in [6.45, 7) is 1.24. The van der Waals surface area contributed by atoms with Gasteiger partial charge in [-0.2, -0.15) is 0 Å². The molecule has 0 bridgehead atoms. The molecule has 0 radical (unpaired) electrons. The van der Waals surface area contributed by atoms with E-state index < -0.39 is 0 Å². The summed E-state index contributed by atoms with van der Waals surface area (Å²) in [4.78, 5) is 27.2. The number of amides is 2. The third-order valence-electron chi connectivity index (χ3n) is 2.99. The van der Waals surface area contributed by atoms with Crippen LogP contribution in [-0.2, 0) is 9.59 Å². The van der Waals surface area contributed by atoms with Gasteiger partial charge in [0.25, 0.3) is 0 Å². The number of nitrogens with zero attached hydrogens (tertiary/aromatic N) is 1.